The molecule has 0 spiro atoms. The van der Waals surface area contributed by atoms with Crippen molar-refractivity contribution < 1.29 is 9.13 Å². The van der Waals surface area contributed by atoms with Gasteiger partial charge < -0.3 is 0 Å². The molecule has 7 heteroatoms. The molecule has 0 amide bonds. The SMILES string of the molecule is Cc1sc(P(=S)(S)c2sc(C)c(C)[n+]2C(C)C)[n+](C(C)C)c1C. The summed E-state index contributed by atoms with van der Waals surface area (Å²) in [6.07, 6.45) is 0. The van der Waals surface area contributed by atoms with Crippen LogP contribution in [-0.2, 0) is 11.8 Å². The van der Waals surface area contributed by atoms with Gasteiger partial charge in [-0.05, 0) is 41.5 Å². The highest BCUT2D eigenvalue weighted by atomic mass is 32.9. The summed E-state index contributed by atoms with van der Waals surface area (Å²) in [4.78, 5) is 2.69. The van der Waals surface area contributed by atoms with Gasteiger partial charge >= 0.3 is 0 Å². The minimum Gasteiger partial charge on any atom is -0.183 e. The number of nitrogens with zero attached hydrogens (tertiary/aromatic N) is 2. The van der Waals surface area contributed by atoms with Crippen molar-refractivity contribution in [2.75, 3.05) is 0 Å². The summed E-state index contributed by atoms with van der Waals surface area (Å²) in [5.41, 5.74) is 2.65. The van der Waals surface area contributed by atoms with Crippen molar-refractivity contribution in [3.63, 3.8) is 0 Å². The first-order valence-electron chi connectivity index (χ1n) is 7.87. The van der Waals surface area contributed by atoms with Crippen LogP contribution in [-0.4, -0.2) is 0 Å². The van der Waals surface area contributed by atoms with Crippen LogP contribution in [0.15, 0.2) is 0 Å². The van der Waals surface area contributed by atoms with Crippen LogP contribution in [0.4, 0.5) is 0 Å². The average Bonchev–Trinajstić information content (AvgIpc) is 2.89. The van der Waals surface area contributed by atoms with Crippen LogP contribution in [0, 0.1) is 27.7 Å². The molecule has 0 radical (unpaired) electrons. The molecule has 0 bridgehead atoms. The Hall–Kier alpha value is 0.260. The van der Waals surface area contributed by atoms with E-state index in [0.717, 1.165) is 0 Å². The maximum atomic E-state index is 6.19. The molecular formula is C16H27N2PS4+2. The van der Waals surface area contributed by atoms with Crippen molar-refractivity contribution in [3.8, 4) is 0 Å². The predicted octanol–water partition coefficient (Wildman–Crippen LogP) is 4.06. The quantitative estimate of drug-likeness (QED) is 0.457. The van der Waals surface area contributed by atoms with Gasteiger partial charge in [-0.2, -0.15) is 9.13 Å². The van der Waals surface area contributed by atoms with Gasteiger partial charge in [0.25, 0.3) is 9.50 Å². The largest absolute Gasteiger partial charge is 0.288 e. The zero-order chi connectivity index (χ0) is 17.7. The average molecular weight is 407 g/mol. The van der Waals surface area contributed by atoms with Gasteiger partial charge in [0.1, 0.15) is 0 Å². The van der Waals surface area contributed by atoms with Gasteiger partial charge in [-0.1, -0.05) is 34.5 Å². The number of hydrogen-bond acceptors (Lipinski definition) is 3. The van der Waals surface area contributed by atoms with Gasteiger partial charge in [0, 0.05) is 13.8 Å². The summed E-state index contributed by atoms with van der Waals surface area (Å²) in [5.74, 6) is 0. The normalized spacial score (nSPS) is 12.7. The van der Waals surface area contributed by atoms with Gasteiger partial charge in [0.2, 0.25) is 5.24 Å². The van der Waals surface area contributed by atoms with E-state index in [-0.39, 0.29) is 0 Å². The molecule has 0 saturated carbocycles. The summed E-state index contributed by atoms with van der Waals surface area (Å²) >= 11 is 15.0. The lowest BCUT2D eigenvalue weighted by molar-refractivity contribution is -0.704. The minimum atomic E-state index is -2.10. The third-order valence-corrected chi connectivity index (χ3v) is 13.5. The lowest BCUT2D eigenvalue weighted by Gasteiger charge is -2.12. The molecular weight excluding hydrogens is 379 g/mol. The fourth-order valence-corrected chi connectivity index (χ4v) is 11.3. The van der Waals surface area contributed by atoms with Gasteiger partial charge in [0.05, 0.1) is 9.75 Å². The molecule has 0 atom stereocenters. The Balaban J connectivity index is 2.77. The first kappa shape index (κ1) is 19.6. The number of rotatable bonds is 4. The zero-order valence-electron chi connectivity index (χ0n) is 15.2. The summed E-state index contributed by atoms with van der Waals surface area (Å²) in [5, 5.41) is -2.10. The van der Waals surface area contributed by atoms with Crippen LogP contribution in [0.25, 0.3) is 0 Å². The molecule has 0 aromatic carbocycles. The van der Waals surface area contributed by atoms with Gasteiger partial charge in [0.15, 0.2) is 23.5 Å². The second-order valence-corrected chi connectivity index (χ2v) is 15.8. The Labute approximate surface area is 158 Å². The third kappa shape index (κ3) is 3.35. The Morgan fingerprint density at radius 2 is 1.13 bits per heavy atom. The number of thiazole rings is 2. The van der Waals surface area contributed by atoms with Gasteiger partial charge in [-0.25, -0.2) is 0 Å². The van der Waals surface area contributed by atoms with Gasteiger partial charge in [-0.15, -0.1) is 12.2 Å². The molecule has 0 aliphatic heterocycles. The van der Waals surface area contributed by atoms with E-state index in [9.17, 15) is 0 Å². The van der Waals surface area contributed by atoms with Crippen molar-refractivity contribution in [2.24, 2.45) is 0 Å². The monoisotopic (exact) mass is 406 g/mol. The fraction of sp³-hybridized carbons (Fsp3) is 0.625. The topological polar surface area (TPSA) is 7.76 Å². The number of aromatic nitrogens is 2. The Bertz CT molecular complexity index is 724. The van der Waals surface area contributed by atoms with Crippen molar-refractivity contribution in [3.05, 3.63) is 21.1 Å². The molecule has 2 nitrogen and oxygen atoms in total. The third-order valence-electron chi connectivity index (χ3n) is 4.19. The van der Waals surface area contributed by atoms with E-state index in [1.54, 1.807) is 0 Å². The summed E-state index contributed by atoms with van der Waals surface area (Å²) < 4.78 is 7.33. The highest BCUT2D eigenvalue weighted by Gasteiger charge is 2.43. The molecule has 0 fully saturated rings. The molecule has 128 valence electrons. The molecule has 0 unspecified atom stereocenters. The highest BCUT2D eigenvalue weighted by molar-refractivity contribution is 8.69. The van der Waals surface area contributed by atoms with Crippen LogP contribution in [0.2, 0.25) is 0 Å². The van der Waals surface area contributed by atoms with E-state index in [0.29, 0.717) is 12.1 Å². The molecule has 2 rings (SSSR count). The molecule has 2 aromatic heterocycles. The Morgan fingerprint density at radius 3 is 1.39 bits per heavy atom. The molecule has 2 heterocycles. The predicted molar refractivity (Wildman–Crippen MR) is 111 cm³/mol. The molecule has 0 aliphatic carbocycles. The maximum Gasteiger partial charge on any atom is 0.288 e. The van der Waals surface area contributed by atoms with E-state index in [1.165, 1.54) is 30.6 Å². The lowest BCUT2D eigenvalue weighted by atomic mass is 10.3. The van der Waals surface area contributed by atoms with Crippen LogP contribution in [0.1, 0.15) is 60.9 Å². The fourth-order valence-electron chi connectivity index (χ4n) is 2.86. The first-order valence-corrected chi connectivity index (χ1v) is 13.5. The minimum absolute atomic E-state index is 0.402. The number of hydrogen-bond donors (Lipinski definition) is 1. The van der Waals surface area contributed by atoms with Crippen LogP contribution >= 0.6 is 40.2 Å². The van der Waals surface area contributed by atoms with Crippen molar-refractivity contribution in [1.29, 1.82) is 0 Å². The van der Waals surface area contributed by atoms with Crippen molar-refractivity contribution in [2.45, 2.75) is 67.5 Å². The number of thiol groups is 1. The molecule has 2 aromatic rings. The van der Waals surface area contributed by atoms with E-state index >= 15 is 0 Å². The maximum absolute atomic E-state index is 6.19. The molecule has 0 N–H and O–H groups in total. The van der Waals surface area contributed by atoms with Crippen molar-refractivity contribution >= 4 is 61.5 Å². The second-order valence-electron chi connectivity index (χ2n) is 6.56. The first-order chi connectivity index (χ1) is 10.5. The van der Waals surface area contributed by atoms with Crippen molar-refractivity contribution in [1.82, 2.24) is 0 Å². The smallest absolute Gasteiger partial charge is 0.183 e. The van der Waals surface area contributed by atoms with Crippen LogP contribution < -0.4 is 18.6 Å². The molecule has 0 saturated heterocycles. The van der Waals surface area contributed by atoms with E-state index < -0.39 is 5.24 Å². The summed E-state index contributed by atoms with van der Waals surface area (Å²) in [6, 6.07) is 0.804. The second kappa shape index (κ2) is 6.87. The highest BCUT2D eigenvalue weighted by Crippen LogP contribution is 2.50. The molecule has 0 aliphatic rings. The zero-order valence-corrected chi connectivity index (χ0v) is 19.4. The number of aryl methyl sites for hydroxylation is 2. The van der Waals surface area contributed by atoms with E-state index in [2.05, 4.69) is 64.5 Å². The Kier molecular flexibility index (Phi) is 5.85. The lowest BCUT2D eigenvalue weighted by Crippen LogP contribution is -2.54. The van der Waals surface area contributed by atoms with Crippen LogP contribution in [0.5, 0.6) is 0 Å². The van der Waals surface area contributed by atoms with E-state index in [1.807, 2.05) is 22.7 Å². The summed E-state index contributed by atoms with van der Waals surface area (Å²) in [6.45, 7) is 17.7. The summed E-state index contributed by atoms with van der Waals surface area (Å²) in [7, 11) is 0. The Morgan fingerprint density at radius 1 is 0.826 bits per heavy atom. The van der Waals surface area contributed by atoms with Crippen LogP contribution in [0.3, 0.4) is 0 Å². The standard InChI is InChI=1S/C16H26N2PS4/c1-9(2)17-11(5)13(7)22-15(17)19(20,21)16-18(10(3)4)12(6)14(8)23-16/h9-10H,1-8H3/q+1/p+1. The van der Waals surface area contributed by atoms with Gasteiger partial charge in [-0.3, -0.25) is 0 Å². The van der Waals surface area contributed by atoms with E-state index in [4.69, 9.17) is 24.1 Å². The molecule has 23 heavy (non-hydrogen) atoms.